The van der Waals surface area contributed by atoms with E-state index in [4.69, 9.17) is 14.4 Å². The van der Waals surface area contributed by atoms with Crippen LogP contribution in [0.4, 0.5) is 0 Å². The Morgan fingerprint density at radius 3 is 2.50 bits per heavy atom. The Bertz CT molecular complexity index is 1780. The maximum absolute atomic E-state index is 6.30. The van der Waals surface area contributed by atoms with Crippen LogP contribution in [0.1, 0.15) is 0 Å². The molecule has 3 aromatic carbocycles. The molecule has 6 nitrogen and oxygen atoms in total. The largest absolute Gasteiger partial charge is 0.454 e. The second kappa shape index (κ2) is 6.46. The summed E-state index contributed by atoms with van der Waals surface area (Å²) in [5, 5.41) is 6.35. The molecule has 0 amide bonds. The first-order chi connectivity index (χ1) is 15.9. The van der Waals surface area contributed by atoms with Gasteiger partial charge in [0.2, 0.25) is 0 Å². The molecule has 0 saturated carbocycles. The number of pyridine rings is 1. The number of nitrogens with zero attached hydrogens (tertiary/aromatic N) is 5. The van der Waals surface area contributed by atoms with E-state index in [1.165, 1.54) is 0 Å². The maximum atomic E-state index is 6.30. The van der Waals surface area contributed by atoms with Crippen molar-refractivity contribution in [2.75, 3.05) is 0 Å². The lowest BCUT2D eigenvalue weighted by Gasteiger charge is -2.09. The number of rotatable bonds is 2. The summed E-state index contributed by atoms with van der Waals surface area (Å²) in [4.78, 5) is 14.2. The van der Waals surface area contributed by atoms with Gasteiger partial charge in [0, 0.05) is 16.3 Å². The lowest BCUT2D eigenvalue weighted by Crippen LogP contribution is -1.95. The van der Waals surface area contributed by atoms with Crippen molar-refractivity contribution in [2.24, 2.45) is 0 Å². The van der Waals surface area contributed by atoms with Gasteiger partial charge in [0.15, 0.2) is 17.1 Å². The Hall–Kier alpha value is -4.58. The third-order valence-electron chi connectivity index (χ3n) is 5.78. The van der Waals surface area contributed by atoms with Gasteiger partial charge in [-0.15, -0.1) is 0 Å². The first-order valence-electron chi connectivity index (χ1n) is 10.3. The molecule has 0 aliphatic carbocycles. The van der Waals surface area contributed by atoms with Crippen LogP contribution in [-0.4, -0.2) is 24.6 Å². The molecular weight excluding hydrogens is 398 g/mol. The molecule has 7 rings (SSSR count). The molecule has 0 aliphatic rings. The van der Waals surface area contributed by atoms with Gasteiger partial charge in [-0.25, -0.2) is 19.5 Å². The Morgan fingerprint density at radius 1 is 0.719 bits per heavy atom. The topological polar surface area (TPSA) is 69.1 Å². The Balaban J connectivity index is 1.56. The van der Waals surface area contributed by atoms with Gasteiger partial charge in [-0.1, -0.05) is 54.6 Å². The number of furan rings is 1. The highest BCUT2D eigenvalue weighted by Crippen LogP contribution is 2.36. The smallest absolute Gasteiger partial charge is 0.164 e. The Morgan fingerprint density at radius 2 is 1.56 bits per heavy atom. The highest BCUT2D eigenvalue weighted by Gasteiger charge is 2.18. The van der Waals surface area contributed by atoms with Gasteiger partial charge in [-0.3, -0.25) is 0 Å². The summed E-state index contributed by atoms with van der Waals surface area (Å²) < 4.78 is 8.11. The average Bonchev–Trinajstić information content (AvgIpc) is 3.48. The van der Waals surface area contributed by atoms with Crippen LogP contribution >= 0.6 is 0 Å². The number of para-hydroxylation sites is 2. The number of fused-ring (bicyclic) bond motifs is 6. The van der Waals surface area contributed by atoms with E-state index in [0.717, 1.165) is 55.4 Å². The van der Waals surface area contributed by atoms with E-state index in [0.29, 0.717) is 5.82 Å². The zero-order chi connectivity index (χ0) is 21.1. The fourth-order valence-corrected chi connectivity index (χ4v) is 4.33. The zero-order valence-electron chi connectivity index (χ0n) is 16.8. The lowest BCUT2D eigenvalue weighted by atomic mass is 10.1. The van der Waals surface area contributed by atoms with Crippen LogP contribution in [0, 0.1) is 0 Å². The molecule has 0 aliphatic heterocycles. The van der Waals surface area contributed by atoms with Crippen LogP contribution in [0.25, 0.3) is 61.3 Å². The van der Waals surface area contributed by atoms with Gasteiger partial charge >= 0.3 is 0 Å². The van der Waals surface area contributed by atoms with Crippen molar-refractivity contribution in [2.45, 2.75) is 0 Å². The maximum Gasteiger partial charge on any atom is 0.164 e. The van der Waals surface area contributed by atoms with Gasteiger partial charge in [0.1, 0.15) is 17.4 Å². The molecule has 6 heteroatoms. The van der Waals surface area contributed by atoms with E-state index < -0.39 is 0 Å². The molecule has 0 N–H and O–H groups in total. The summed E-state index contributed by atoms with van der Waals surface area (Å²) in [6.07, 6.45) is 1.55. The van der Waals surface area contributed by atoms with Gasteiger partial charge < -0.3 is 4.42 Å². The molecule has 0 fully saturated rings. The molecule has 4 heterocycles. The molecule has 0 atom stereocenters. The summed E-state index contributed by atoms with van der Waals surface area (Å²) in [6, 6.07) is 28.2. The minimum absolute atomic E-state index is 0.627. The quantitative estimate of drug-likeness (QED) is 0.353. The number of hydrogen-bond donors (Lipinski definition) is 0. The monoisotopic (exact) mass is 413 g/mol. The standard InChI is InChI=1S/C26H15N5O/c1-2-7-16(8-3-1)23-17-9-4-5-12-20(17)29-26(30-23)19-11-6-10-18-24-21(32-25(18)19)13-14-22-27-15-28-31(22)24/h1-15H. The van der Waals surface area contributed by atoms with E-state index in [-0.39, 0.29) is 0 Å². The van der Waals surface area contributed by atoms with Crippen molar-refractivity contribution < 1.29 is 4.42 Å². The average molecular weight is 413 g/mol. The Labute approximate surface area is 181 Å². The van der Waals surface area contributed by atoms with E-state index in [9.17, 15) is 0 Å². The molecule has 0 unspecified atom stereocenters. The molecule has 0 spiro atoms. The summed E-state index contributed by atoms with van der Waals surface area (Å²) in [5.74, 6) is 0.627. The zero-order valence-corrected chi connectivity index (χ0v) is 16.8. The predicted octanol–water partition coefficient (Wildman–Crippen LogP) is 5.91. The third-order valence-corrected chi connectivity index (χ3v) is 5.78. The number of hydrogen-bond acceptors (Lipinski definition) is 5. The van der Waals surface area contributed by atoms with E-state index in [2.05, 4.69) is 28.3 Å². The van der Waals surface area contributed by atoms with Crippen LogP contribution in [0.2, 0.25) is 0 Å². The van der Waals surface area contributed by atoms with E-state index in [1.807, 2.05) is 71.2 Å². The molecular formula is C26H15N5O. The number of benzene rings is 3. The molecule has 0 bridgehead atoms. The molecule has 150 valence electrons. The van der Waals surface area contributed by atoms with Crippen molar-refractivity contribution in [3.8, 4) is 22.6 Å². The Kier molecular flexibility index (Phi) is 3.46. The van der Waals surface area contributed by atoms with E-state index >= 15 is 0 Å². The first kappa shape index (κ1) is 17.1. The van der Waals surface area contributed by atoms with Crippen molar-refractivity contribution in [1.82, 2.24) is 24.6 Å². The fraction of sp³-hybridized carbons (Fsp3) is 0. The second-order valence-corrected chi connectivity index (χ2v) is 7.64. The van der Waals surface area contributed by atoms with Crippen LogP contribution in [0.5, 0.6) is 0 Å². The summed E-state index contributed by atoms with van der Waals surface area (Å²) in [6.45, 7) is 0. The summed E-state index contributed by atoms with van der Waals surface area (Å²) >= 11 is 0. The number of aromatic nitrogens is 5. The highest BCUT2D eigenvalue weighted by molar-refractivity contribution is 6.08. The van der Waals surface area contributed by atoms with E-state index in [1.54, 1.807) is 6.33 Å². The first-order valence-corrected chi connectivity index (χ1v) is 10.3. The molecule has 4 aromatic heterocycles. The highest BCUT2D eigenvalue weighted by atomic mass is 16.3. The van der Waals surface area contributed by atoms with Gasteiger partial charge in [-0.05, 0) is 30.3 Å². The molecule has 7 aromatic rings. The van der Waals surface area contributed by atoms with Crippen molar-refractivity contribution in [3.63, 3.8) is 0 Å². The van der Waals surface area contributed by atoms with Crippen molar-refractivity contribution in [1.29, 1.82) is 0 Å². The fourth-order valence-electron chi connectivity index (χ4n) is 4.33. The third kappa shape index (κ3) is 2.40. The van der Waals surface area contributed by atoms with Crippen molar-refractivity contribution >= 4 is 38.6 Å². The molecule has 0 saturated heterocycles. The van der Waals surface area contributed by atoms with Crippen LogP contribution in [0.15, 0.2) is 95.7 Å². The molecule has 0 radical (unpaired) electrons. The minimum atomic E-state index is 0.627. The SMILES string of the molecule is c1ccc(-c2nc(-c3cccc4c3oc3ccc5ncnn5c34)nc3ccccc23)cc1. The van der Waals surface area contributed by atoms with Crippen LogP contribution in [-0.2, 0) is 0 Å². The normalized spacial score (nSPS) is 11.8. The van der Waals surface area contributed by atoms with Gasteiger partial charge in [-0.2, -0.15) is 5.10 Å². The summed E-state index contributed by atoms with van der Waals surface area (Å²) in [5.41, 5.74) is 6.83. The van der Waals surface area contributed by atoms with Gasteiger partial charge in [0.05, 0.1) is 16.8 Å². The predicted molar refractivity (Wildman–Crippen MR) is 124 cm³/mol. The van der Waals surface area contributed by atoms with Gasteiger partial charge in [0.25, 0.3) is 0 Å². The molecule has 32 heavy (non-hydrogen) atoms. The van der Waals surface area contributed by atoms with Crippen LogP contribution < -0.4 is 0 Å². The summed E-state index contributed by atoms with van der Waals surface area (Å²) in [7, 11) is 0. The lowest BCUT2D eigenvalue weighted by molar-refractivity contribution is 0.668. The van der Waals surface area contributed by atoms with Crippen LogP contribution in [0.3, 0.4) is 0 Å². The van der Waals surface area contributed by atoms with Crippen molar-refractivity contribution in [3.05, 3.63) is 91.3 Å². The second-order valence-electron chi connectivity index (χ2n) is 7.64. The minimum Gasteiger partial charge on any atom is -0.454 e.